The highest BCUT2D eigenvalue weighted by molar-refractivity contribution is 6.42. The van der Waals surface area contributed by atoms with Crippen LogP contribution in [-0.2, 0) is 11.3 Å². The molecule has 2 heterocycles. The summed E-state index contributed by atoms with van der Waals surface area (Å²) in [5.74, 6) is -0.592. The standard InChI is InChI=1S/C23H24N4O2.ClH/c24-14-18-6-4-5-9-21(18)17-10-12-26(13-11-17)23(29)22(28)19-15-25-27(16-19)20-7-2-1-3-8-20;/h1-9,15-17H,10-14,24H2;1H. The molecule has 1 saturated heterocycles. The average molecular weight is 425 g/mol. The molecule has 2 aromatic carbocycles. The van der Waals surface area contributed by atoms with Gasteiger partial charge in [0.2, 0.25) is 0 Å². The molecule has 30 heavy (non-hydrogen) atoms. The highest BCUT2D eigenvalue weighted by Gasteiger charge is 2.29. The Hall–Kier alpha value is -2.96. The Kier molecular flexibility index (Phi) is 7.03. The lowest BCUT2D eigenvalue weighted by Gasteiger charge is -2.32. The van der Waals surface area contributed by atoms with Crippen molar-refractivity contribution in [3.63, 3.8) is 0 Å². The smallest absolute Gasteiger partial charge is 0.295 e. The number of ketones is 1. The fraction of sp³-hybridized carbons (Fsp3) is 0.261. The van der Waals surface area contributed by atoms with Gasteiger partial charge in [0, 0.05) is 25.8 Å². The van der Waals surface area contributed by atoms with Crippen LogP contribution in [0.3, 0.4) is 0 Å². The molecule has 3 aromatic rings. The molecule has 1 aromatic heterocycles. The molecule has 1 amide bonds. The molecule has 156 valence electrons. The maximum Gasteiger partial charge on any atom is 0.295 e. The molecule has 0 unspecified atom stereocenters. The van der Waals surface area contributed by atoms with Gasteiger partial charge in [-0.05, 0) is 42.0 Å². The summed E-state index contributed by atoms with van der Waals surface area (Å²) in [5, 5.41) is 4.22. The van der Waals surface area contributed by atoms with Crippen LogP contribution in [-0.4, -0.2) is 39.5 Å². The summed E-state index contributed by atoms with van der Waals surface area (Å²) in [6, 6.07) is 17.7. The van der Waals surface area contributed by atoms with Crippen LogP contribution in [0.4, 0.5) is 0 Å². The van der Waals surface area contributed by atoms with Crippen molar-refractivity contribution < 1.29 is 9.59 Å². The van der Waals surface area contributed by atoms with E-state index in [1.807, 2.05) is 42.5 Å². The van der Waals surface area contributed by atoms with Gasteiger partial charge in [0.25, 0.3) is 11.7 Å². The van der Waals surface area contributed by atoms with Crippen LogP contribution < -0.4 is 5.73 Å². The normalized spacial score (nSPS) is 14.2. The van der Waals surface area contributed by atoms with Gasteiger partial charge in [-0.25, -0.2) is 4.68 Å². The van der Waals surface area contributed by atoms with Gasteiger partial charge < -0.3 is 10.6 Å². The Balaban J connectivity index is 0.00000256. The molecule has 0 atom stereocenters. The Labute approximate surface area is 182 Å². The molecule has 1 aliphatic heterocycles. The van der Waals surface area contributed by atoms with Gasteiger partial charge in [0.1, 0.15) is 0 Å². The van der Waals surface area contributed by atoms with E-state index in [0.29, 0.717) is 31.1 Å². The summed E-state index contributed by atoms with van der Waals surface area (Å²) in [6.45, 7) is 1.65. The van der Waals surface area contributed by atoms with Crippen LogP contribution in [0.15, 0.2) is 67.0 Å². The number of benzene rings is 2. The van der Waals surface area contributed by atoms with Crippen molar-refractivity contribution in [2.24, 2.45) is 5.73 Å². The van der Waals surface area contributed by atoms with Gasteiger partial charge in [0.15, 0.2) is 0 Å². The van der Waals surface area contributed by atoms with E-state index in [4.69, 9.17) is 5.73 Å². The molecular weight excluding hydrogens is 400 g/mol. The summed E-state index contributed by atoms with van der Waals surface area (Å²) in [7, 11) is 0. The molecule has 0 spiro atoms. The van der Waals surface area contributed by atoms with Crippen molar-refractivity contribution in [1.82, 2.24) is 14.7 Å². The van der Waals surface area contributed by atoms with E-state index in [1.54, 1.807) is 15.8 Å². The Morgan fingerprint density at radius 3 is 2.37 bits per heavy atom. The first-order valence-electron chi connectivity index (χ1n) is 9.89. The zero-order valence-electron chi connectivity index (χ0n) is 16.6. The van der Waals surface area contributed by atoms with E-state index < -0.39 is 11.7 Å². The van der Waals surface area contributed by atoms with Gasteiger partial charge in [-0.3, -0.25) is 9.59 Å². The maximum atomic E-state index is 12.7. The SMILES string of the molecule is Cl.NCc1ccccc1C1CCN(C(=O)C(=O)c2cnn(-c3ccccc3)c2)CC1. The largest absolute Gasteiger partial charge is 0.336 e. The lowest BCUT2D eigenvalue weighted by molar-refractivity contribution is -0.127. The molecule has 0 aliphatic carbocycles. The minimum atomic E-state index is -0.506. The van der Waals surface area contributed by atoms with Crippen LogP contribution >= 0.6 is 12.4 Å². The van der Waals surface area contributed by atoms with E-state index in [-0.39, 0.29) is 12.4 Å². The molecule has 2 N–H and O–H groups in total. The third-order valence-electron chi connectivity index (χ3n) is 5.56. The monoisotopic (exact) mass is 424 g/mol. The number of nitrogens with zero attached hydrogens (tertiary/aromatic N) is 3. The van der Waals surface area contributed by atoms with Crippen molar-refractivity contribution in [2.75, 3.05) is 13.1 Å². The zero-order chi connectivity index (χ0) is 20.2. The summed E-state index contributed by atoms with van der Waals surface area (Å²) >= 11 is 0. The number of hydrogen-bond acceptors (Lipinski definition) is 4. The molecule has 0 saturated carbocycles. The Morgan fingerprint density at radius 1 is 1.00 bits per heavy atom. The van der Waals surface area contributed by atoms with Gasteiger partial charge in [-0.15, -0.1) is 12.4 Å². The zero-order valence-corrected chi connectivity index (χ0v) is 17.4. The highest BCUT2D eigenvalue weighted by Crippen LogP contribution is 2.30. The first-order valence-corrected chi connectivity index (χ1v) is 9.89. The number of halogens is 1. The van der Waals surface area contributed by atoms with Gasteiger partial charge in [0.05, 0.1) is 17.4 Å². The first-order chi connectivity index (χ1) is 14.2. The maximum absolute atomic E-state index is 12.7. The molecule has 7 heteroatoms. The molecule has 6 nitrogen and oxygen atoms in total. The van der Waals surface area contributed by atoms with Gasteiger partial charge in [-0.2, -0.15) is 5.10 Å². The number of Topliss-reactive ketones (excluding diaryl/α,β-unsaturated/α-hetero) is 1. The van der Waals surface area contributed by atoms with E-state index in [1.165, 1.54) is 11.8 Å². The van der Waals surface area contributed by atoms with Crippen LogP contribution in [0.2, 0.25) is 0 Å². The lowest BCUT2D eigenvalue weighted by atomic mass is 9.86. The van der Waals surface area contributed by atoms with Crippen LogP contribution in [0.5, 0.6) is 0 Å². The van der Waals surface area contributed by atoms with E-state index in [9.17, 15) is 9.59 Å². The summed E-state index contributed by atoms with van der Waals surface area (Å²) in [4.78, 5) is 27.1. The summed E-state index contributed by atoms with van der Waals surface area (Å²) < 4.78 is 1.61. The van der Waals surface area contributed by atoms with Gasteiger partial charge >= 0.3 is 0 Å². The van der Waals surface area contributed by atoms with Crippen LogP contribution in [0, 0.1) is 0 Å². The van der Waals surface area contributed by atoms with Crippen molar-refractivity contribution >= 4 is 24.1 Å². The summed E-state index contributed by atoms with van der Waals surface area (Å²) in [5.41, 5.74) is 9.44. The van der Waals surface area contributed by atoms with E-state index in [0.717, 1.165) is 24.1 Å². The third kappa shape index (κ3) is 4.45. The fourth-order valence-electron chi connectivity index (χ4n) is 3.94. The first kappa shape index (κ1) is 21.7. The minimum absolute atomic E-state index is 0. The Morgan fingerprint density at radius 2 is 1.67 bits per heavy atom. The predicted molar refractivity (Wildman–Crippen MR) is 118 cm³/mol. The second-order valence-electron chi connectivity index (χ2n) is 7.31. The number of carbonyl (C=O) groups is 2. The molecule has 0 radical (unpaired) electrons. The van der Waals surface area contributed by atoms with Gasteiger partial charge in [-0.1, -0.05) is 42.5 Å². The number of amides is 1. The quantitative estimate of drug-likeness (QED) is 0.503. The number of aromatic nitrogens is 2. The number of piperidine rings is 1. The fourth-order valence-corrected chi connectivity index (χ4v) is 3.94. The Bertz CT molecular complexity index is 1010. The number of nitrogens with two attached hydrogens (primary N) is 1. The number of carbonyl (C=O) groups excluding carboxylic acids is 2. The average Bonchev–Trinajstić information content (AvgIpc) is 3.29. The van der Waals surface area contributed by atoms with Crippen molar-refractivity contribution in [3.05, 3.63) is 83.7 Å². The van der Waals surface area contributed by atoms with E-state index in [2.05, 4.69) is 17.2 Å². The number of likely N-dealkylation sites (tertiary alicyclic amines) is 1. The highest BCUT2D eigenvalue weighted by atomic mass is 35.5. The van der Waals surface area contributed by atoms with Crippen LogP contribution in [0.25, 0.3) is 5.69 Å². The number of rotatable bonds is 5. The predicted octanol–water partition coefficient (Wildman–Crippen LogP) is 3.34. The summed E-state index contributed by atoms with van der Waals surface area (Å²) in [6.07, 6.45) is 4.73. The molecule has 0 bridgehead atoms. The number of para-hydroxylation sites is 1. The van der Waals surface area contributed by atoms with E-state index >= 15 is 0 Å². The molecule has 1 aliphatic rings. The topological polar surface area (TPSA) is 81.2 Å². The second-order valence-corrected chi connectivity index (χ2v) is 7.31. The molecule has 1 fully saturated rings. The van der Waals surface area contributed by atoms with Crippen molar-refractivity contribution in [1.29, 1.82) is 0 Å². The van der Waals surface area contributed by atoms with Crippen molar-refractivity contribution in [2.45, 2.75) is 25.3 Å². The molecular formula is C23H25ClN4O2. The molecule has 4 rings (SSSR count). The minimum Gasteiger partial charge on any atom is -0.336 e. The number of hydrogen-bond donors (Lipinski definition) is 1. The lowest BCUT2D eigenvalue weighted by Crippen LogP contribution is -2.41. The van der Waals surface area contributed by atoms with Crippen molar-refractivity contribution in [3.8, 4) is 5.69 Å². The van der Waals surface area contributed by atoms with Crippen LogP contribution in [0.1, 0.15) is 40.2 Å². The third-order valence-corrected chi connectivity index (χ3v) is 5.56. The second kappa shape index (κ2) is 9.69.